The molecule has 0 radical (unpaired) electrons. The van der Waals surface area contributed by atoms with Crippen molar-refractivity contribution in [1.29, 1.82) is 0 Å². The predicted octanol–water partition coefficient (Wildman–Crippen LogP) is 2.32. The summed E-state index contributed by atoms with van der Waals surface area (Å²) in [7, 11) is -5.21. The third-order valence-corrected chi connectivity index (χ3v) is 8.20. The molecule has 1 aliphatic heterocycles. The average molecular weight is 448 g/mol. The van der Waals surface area contributed by atoms with E-state index in [0.29, 0.717) is 0 Å². The predicted molar refractivity (Wildman–Crippen MR) is 117 cm³/mol. The van der Waals surface area contributed by atoms with E-state index in [1.54, 1.807) is 24.3 Å². The van der Waals surface area contributed by atoms with E-state index in [2.05, 4.69) is 4.72 Å². The highest BCUT2D eigenvalue weighted by atomic mass is 32.2. The Kier molecular flexibility index (Phi) is 5.26. The molecule has 0 amide bonds. The lowest BCUT2D eigenvalue weighted by Crippen LogP contribution is -2.42. The van der Waals surface area contributed by atoms with Crippen LogP contribution in [0.3, 0.4) is 0 Å². The van der Waals surface area contributed by atoms with Crippen molar-refractivity contribution in [2.75, 3.05) is 19.3 Å². The van der Waals surface area contributed by atoms with Crippen LogP contribution >= 0.6 is 0 Å². The van der Waals surface area contributed by atoms with Crippen molar-refractivity contribution in [3.05, 3.63) is 65.4 Å². The summed E-state index contributed by atoms with van der Waals surface area (Å²) < 4.78 is 56.2. The summed E-state index contributed by atoms with van der Waals surface area (Å²) >= 11 is 0. The quantitative estimate of drug-likeness (QED) is 0.650. The van der Waals surface area contributed by atoms with Gasteiger partial charge in [0.2, 0.25) is 20.0 Å². The maximum absolute atomic E-state index is 13.4. The molecular weight excluding hydrogens is 422 g/mol. The lowest BCUT2D eigenvalue weighted by Gasteiger charge is -2.33. The third-order valence-electron chi connectivity index (χ3n) is 5.68. The van der Waals surface area contributed by atoms with Gasteiger partial charge < -0.3 is 4.57 Å². The van der Waals surface area contributed by atoms with Crippen LogP contribution in [0.4, 0.5) is 0 Å². The summed E-state index contributed by atoms with van der Waals surface area (Å²) in [5.74, 6) is -0.296. The molecule has 2 aromatic carbocycles. The standard InChI is InChI=1S/C21H25N3O4S2/c1-15-8-10-17(11-9-15)30(27,28)24-13-16(12-22-29(3,25)26)21-18-6-4-5-7-19(18)23(2)20(21)14-24/h4-11,16,22H,12-14H2,1-3H3. The first kappa shape index (κ1) is 21.0. The smallest absolute Gasteiger partial charge is 0.243 e. The number of benzene rings is 2. The van der Waals surface area contributed by atoms with Crippen molar-refractivity contribution in [3.8, 4) is 0 Å². The number of fused-ring (bicyclic) bond motifs is 3. The number of hydrogen-bond donors (Lipinski definition) is 1. The molecule has 0 spiro atoms. The van der Waals surface area contributed by atoms with E-state index in [1.165, 1.54) is 4.31 Å². The number of aryl methyl sites for hydroxylation is 2. The highest BCUT2D eigenvalue weighted by Gasteiger charge is 2.36. The van der Waals surface area contributed by atoms with E-state index in [4.69, 9.17) is 0 Å². The normalized spacial score (nSPS) is 17.9. The monoisotopic (exact) mass is 447 g/mol. The molecule has 1 unspecified atom stereocenters. The molecule has 1 N–H and O–H groups in total. The van der Waals surface area contributed by atoms with E-state index in [9.17, 15) is 16.8 Å². The zero-order valence-corrected chi connectivity index (χ0v) is 18.8. The maximum Gasteiger partial charge on any atom is 0.243 e. The molecule has 7 nitrogen and oxygen atoms in total. The summed E-state index contributed by atoms with van der Waals surface area (Å²) in [6.45, 7) is 2.50. The van der Waals surface area contributed by atoms with Gasteiger partial charge in [0.1, 0.15) is 0 Å². The summed E-state index contributed by atoms with van der Waals surface area (Å²) in [4.78, 5) is 0.241. The Morgan fingerprint density at radius 3 is 2.37 bits per heavy atom. The zero-order valence-electron chi connectivity index (χ0n) is 17.2. The fraction of sp³-hybridized carbons (Fsp3) is 0.333. The summed E-state index contributed by atoms with van der Waals surface area (Å²) in [5, 5.41) is 1.03. The van der Waals surface area contributed by atoms with Gasteiger partial charge >= 0.3 is 0 Å². The van der Waals surface area contributed by atoms with Gasteiger partial charge in [-0.15, -0.1) is 0 Å². The van der Waals surface area contributed by atoms with Crippen molar-refractivity contribution in [1.82, 2.24) is 13.6 Å². The Morgan fingerprint density at radius 1 is 1.03 bits per heavy atom. The second-order valence-corrected chi connectivity index (χ2v) is 11.6. The highest BCUT2D eigenvalue weighted by molar-refractivity contribution is 7.89. The third kappa shape index (κ3) is 3.78. The Morgan fingerprint density at radius 2 is 1.70 bits per heavy atom. The van der Waals surface area contributed by atoms with Gasteiger partial charge in [-0.05, 0) is 30.7 Å². The van der Waals surface area contributed by atoms with E-state index in [1.807, 2.05) is 42.8 Å². The minimum Gasteiger partial charge on any atom is -0.346 e. The Labute approximate surface area is 177 Å². The number of nitrogens with zero attached hydrogens (tertiary/aromatic N) is 2. The molecule has 1 atom stereocenters. The molecule has 0 saturated carbocycles. The lowest BCUT2D eigenvalue weighted by atomic mass is 9.93. The SMILES string of the molecule is Cc1ccc(S(=O)(=O)N2Cc3c(c4ccccc4n3C)C(CNS(C)(=O)=O)C2)cc1. The van der Waals surface area contributed by atoms with Gasteiger partial charge in [-0.1, -0.05) is 35.9 Å². The van der Waals surface area contributed by atoms with Gasteiger partial charge in [-0.3, -0.25) is 0 Å². The van der Waals surface area contributed by atoms with Gasteiger partial charge in [-0.2, -0.15) is 4.31 Å². The van der Waals surface area contributed by atoms with Gasteiger partial charge in [0.15, 0.2) is 0 Å². The van der Waals surface area contributed by atoms with E-state index in [-0.39, 0.29) is 30.4 Å². The second kappa shape index (κ2) is 7.49. The van der Waals surface area contributed by atoms with Crippen molar-refractivity contribution >= 4 is 30.9 Å². The maximum atomic E-state index is 13.4. The van der Waals surface area contributed by atoms with Crippen LogP contribution in [0.1, 0.15) is 22.7 Å². The fourth-order valence-electron chi connectivity index (χ4n) is 4.15. The average Bonchev–Trinajstić information content (AvgIpc) is 2.99. The Balaban J connectivity index is 1.81. The molecule has 9 heteroatoms. The minimum absolute atomic E-state index is 0.139. The summed E-state index contributed by atoms with van der Waals surface area (Å²) in [5.41, 5.74) is 3.89. The molecule has 0 aliphatic carbocycles. The van der Waals surface area contributed by atoms with Gasteiger partial charge in [0.25, 0.3) is 0 Å². The molecule has 160 valence electrons. The Hall–Kier alpha value is -2.20. The van der Waals surface area contributed by atoms with E-state index in [0.717, 1.165) is 34.0 Å². The molecule has 1 aliphatic rings. The van der Waals surface area contributed by atoms with Crippen LogP contribution in [0.15, 0.2) is 53.4 Å². The fourth-order valence-corrected chi connectivity index (χ4v) is 6.10. The van der Waals surface area contributed by atoms with Crippen LogP contribution in [0.25, 0.3) is 10.9 Å². The summed E-state index contributed by atoms with van der Waals surface area (Å²) in [6, 6.07) is 14.7. The van der Waals surface area contributed by atoms with Crippen LogP contribution in [-0.4, -0.2) is 45.1 Å². The van der Waals surface area contributed by atoms with Crippen molar-refractivity contribution < 1.29 is 16.8 Å². The molecule has 0 bridgehead atoms. The van der Waals surface area contributed by atoms with Crippen molar-refractivity contribution in [2.24, 2.45) is 7.05 Å². The molecule has 0 saturated heterocycles. The van der Waals surface area contributed by atoms with Crippen LogP contribution in [-0.2, 0) is 33.6 Å². The minimum atomic E-state index is -3.72. The Bertz CT molecular complexity index is 1310. The van der Waals surface area contributed by atoms with Gasteiger partial charge in [0.05, 0.1) is 17.7 Å². The van der Waals surface area contributed by atoms with Crippen molar-refractivity contribution in [2.45, 2.75) is 24.3 Å². The largest absolute Gasteiger partial charge is 0.346 e. The first-order valence-corrected chi connectivity index (χ1v) is 13.0. The molecule has 3 aromatic rings. The highest BCUT2D eigenvalue weighted by Crippen LogP contribution is 2.38. The van der Waals surface area contributed by atoms with Crippen LogP contribution in [0.5, 0.6) is 0 Å². The molecule has 0 fully saturated rings. The topological polar surface area (TPSA) is 88.5 Å². The van der Waals surface area contributed by atoms with Crippen LogP contribution < -0.4 is 4.72 Å². The zero-order chi connectivity index (χ0) is 21.7. The molecule has 1 aromatic heterocycles. The lowest BCUT2D eigenvalue weighted by molar-refractivity contribution is 0.346. The number of para-hydroxylation sites is 1. The van der Waals surface area contributed by atoms with Gasteiger partial charge in [-0.25, -0.2) is 21.6 Å². The molecule has 2 heterocycles. The first-order chi connectivity index (χ1) is 14.1. The molecular formula is C21H25N3O4S2. The van der Waals surface area contributed by atoms with Crippen molar-refractivity contribution in [3.63, 3.8) is 0 Å². The van der Waals surface area contributed by atoms with E-state index < -0.39 is 20.0 Å². The molecule has 4 rings (SSSR count). The van der Waals surface area contributed by atoms with Gasteiger partial charge in [0, 0.05) is 42.7 Å². The summed E-state index contributed by atoms with van der Waals surface area (Å²) in [6.07, 6.45) is 1.11. The number of nitrogens with one attached hydrogen (secondary N) is 1. The first-order valence-electron chi connectivity index (χ1n) is 9.65. The van der Waals surface area contributed by atoms with Crippen LogP contribution in [0, 0.1) is 6.92 Å². The van der Waals surface area contributed by atoms with E-state index >= 15 is 0 Å². The van der Waals surface area contributed by atoms with Crippen LogP contribution in [0.2, 0.25) is 0 Å². The number of hydrogen-bond acceptors (Lipinski definition) is 4. The number of rotatable bonds is 5. The number of sulfonamides is 2. The molecule has 30 heavy (non-hydrogen) atoms. The second-order valence-electron chi connectivity index (χ2n) is 7.86. The number of aromatic nitrogens is 1.